The van der Waals surface area contributed by atoms with Crippen molar-refractivity contribution in [1.82, 2.24) is 14.5 Å². The predicted molar refractivity (Wildman–Crippen MR) is 141 cm³/mol. The van der Waals surface area contributed by atoms with Crippen LogP contribution in [-0.2, 0) is 21.1 Å². The SMILES string of the molecule is C=CC(=O)Nc1cccc(-c2cnc3c(c2)c(-c2ccnc(F)c2)cn3COC(=O)C(N)CC(C)C)c1. The number of nitrogens with one attached hydrogen (secondary N) is 1. The maximum absolute atomic E-state index is 14.0. The van der Waals surface area contributed by atoms with Gasteiger partial charge in [0.1, 0.15) is 11.7 Å². The standard InChI is InChI=1S/C28H28FN5O3/c1-4-26(35)33-21-7-5-6-18(11-21)20-12-22-23(19-8-9-31-25(29)13-19)15-34(27(22)32-14-20)16-37-28(36)24(30)10-17(2)3/h4-9,11-15,17,24H,1,10,16,30H2,2-3H3,(H,33,35). The van der Waals surface area contributed by atoms with Crippen LogP contribution in [0, 0.1) is 11.9 Å². The minimum absolute atomic E-state index is 0.0931. The Balaban J connectivity index is 1.73. The molecule has 0 fully saturated rings. The molecule has 1 amide bonds. The molecule has 8 nitrogen and oxygen atoms in total. The molecule has 0 saturated heterocycles. The Morgan fingerprint density at radius 1 is 1.16 bits per heavy atom. The van der Waals surface area contributed by atoms with Crippen molar-refractivity contribution in [3.05, 3.63) is 79.7 Å². The second kappa shape index (κ2) is 11.1. The van der Waals surface area contributed by atoms with Gasteiger partial charge in [-0.25, -0.2) is 9.97 Å². The van der Waals surface area contributed by atoms with Gasteiger partial charge in [-0.15, -0.1) is 0 Å². The number of carbonyl (C=O) groups is 2. The van der Waals surface area contributed by atoms with E-state index in [1.165, 1.54) is 18.3 Å². The fourth-order valence-electron chi connectivity index (χ4n) is 4.04. The summed E-state index contributed by atoms with van der Waals surface area (Å²) in [6.45, 7) is 7.35. The lowest BCUT2D eigenvalue weighted by atomic mass is 10.0. The number of aromatic nitrogens is 3. The van der Waals surface area contributed by atoms with Crippen molar-refractivity contribution >= 4 is 28.6 Å². The van der Waals surface area contributed by atoms with Gasteiger partial charge in [-0.2, -0.15) is 4.39 Å². The Morgan fingerprint density at radius 3 is 2.70 bits per heavy atom. The molecule has 0 aliphatic carbocycles. The third kappa shape index (κ3) is 6.07. The summed E-state index contributed by atoms with van der Waals surface area (Å²) in [5, 5.41) is 3.47. The Bertz CT molecular complexity index is 1460. The first-order chi connectivity index (χ1) is 17.7. The fraction of sp³-hybridized carbons (Fsp3) is 0.214. The van der Waals surface area contributed by atoms with Crippen LogP contribution in [0.5, 0.6) is 0 Å². The summed E-state index contributed by atoms with van der Waals surface area (Å²) in [4.78, 5) is 32.4. The van der Waals surface area contributed by atoms with Crippen LogP contribution in [0.2, 0.25) is 0 Å². The molecule has 37 heavy (non-hydrogen) atoms. The number of hydrogen-bond acceptors (Lipinski definition) is 6. The van der Waals surface area contributed by atoms with E-state index in [2.05, 4.69) is 21.9 Å². The second-order valence-electron chi connectivity index (χ2n) is 9.08. The summed E-state index contributed by atoms with van der Waals surface area (Å²) in [5.41, 5.74) is 10.0. The zero-order valence-corrected chi connectivity index (χ0v) is 20.6. The van der Waals surface area contributed by atoms with Gasteiger partial charge in [0, 0.05) is 46.9 Å². The quantitative estimate of drug-likeness (QED) is 0.192. The van der Waals surface area contributed by atoms with Crippen LogP contribution >= 0.6 is 0 Å². The number of fused-ring (bicyclic) bond motifs is 1. The van der Waals surface area contributed by atoms with Crippen LogP contribution in [0.3, 0.4) is 0 Å². The molecule has 4 rings (SSSR count). The Kier molecular flexibility index (Phi) is 7.74. The Hall–Kier alpha value is -4.37. The van der Waals surface area contributed by atoms with Crippen LogP contribution in [0.25, 0.3) is 33.3 Å². The van der Waals surface area contributed by atoms with Gasteiger partial charge in [-0.05, 0) is 53.8 Å². The van der Waals surface area contributed by atoms with Gasteiger partial charge in [-0.3, -0.25) is 14.2 Å². The van der Waals surface area contributed by atoms with E-state index in [1.54, 1.807) is 29.1 Å². The lowest BCUT2D eigenvalue weighted by molar-refractivity contribution is -0.149. The first kappa shape index (κ1) is 25.7. The minimum Gasteiger partial charge on any atom is -0.443 e. The summed E-state index contributed by atoms with van der Waals surface area (Å²) in [5.74, 6) is -1.17. The first-order valence-corrected chi connectivity index (χ1v) is 11.8. The smallest absolute Gasteiger partial charge is 0.324 e. The molecule has 0 bridgehead atoms. The van der Waals surface area contributed by atoms with Crippen LogP contribution < -0.4 is 11.1 Å². The number of amides is 1. The van der Waals surface area contributed by atoms with E-state index in [0.29, 0.717) is 28.9 Å². The van der Waals surface area contributed by atoms with Gasteiger partial charge in [-0.1, -0.05) is 32.6 Å². The largest absolute Gasteiger partial charge is 0.443 e. The zero-order valence-electron chi connectivity index (χ0n) is 20.6. The molecule has 3 aromatic heterocycles. The van der Waals surface area contributed by atoms with E-state index < -0.39 is 18.0 Å². The van der Waals surface area contributed by atoms with Crippen molar-refractivity contribution < 1.29 is 18.7 Å². The van der Waals surface area contributed by atoms with E-state index in [4.69, 9.17) is 10.5 Å². The van der Waals surface area contributed by atoms with Crippen molar-refractivity contribution in [1.29, 1.82) is 0 Å². The molecule has 1 aromatic carbocycles. The molecule has 0 spiro atoms. The van der Waals surface area contributed by atoms with Crippen LogP contribution in [-0.4, -0.2) is 32.5 Å². The monoisotopic (exact) mass is 501 g/mol. The van der Waals surface area contributed by atoms with Gasteiger partial charge in [0.15, 0.2) is 6.73 Å². The molecule has 3 N–H and O–H groups in total. The molecule has 3 heterocycles. The van der Waals surface area contributed by atoms with Crippen molar-refractivity contribution in [3.63, 3.8) is 0 Å². The number of nitrogens with zero attached hydrogens (tertiary/aromatic N) is 3. The number of halogens is 1. The normalized spacial score (nSPS) is 11.9. The average Bonchev–Trinajstić information content (AvgIpc) is 3.24. The Labute approximate surface area is 214 Å². The number of benzene rings is 1. The molecule has 0 saturated carbocycles. The van der Waals surface area contributed by atoms with Crippen LogP contribution in [0.1, 0.15) is 20.3 Å². The van der Waals surface area contributed by atoms with E-state index in [9.17, 15) is 14.0 Å². The molecule has 1 unspecified atom stereocenters. The third-order valence-electron chi connectivity index (χ3n) is 5.77. The number of anilines is 1. The molecule has 0 aliphatic rings. The van der Waals surface area contributed by atoms with E-state index in [1.807, 2.05) is 38.1 Å². The highest BCUT2D eigenvalue weighted by Gasteiger charge is 2.19. The van der Waals surface area contributed by atoms with Crippen LogP contribution in [0.15, 0.2) is 73.7 Å². The van der Waals surface area contributed by atoms with Gasteiger partial charge < -0.3 is 15.8 Å². The van der Waals surface area contributed by atoms with Crippen LogP contribution in [0.4, 0.5) is 10.1 Å². The zero-order chi connectivity index (χ0) is 26.5. The fourth-order valence-corrected chi connectivity index (χ4v) is 4.04. The second-order valence-corrected chi connectivity index (χ2v) is 9.08. The predicted octanol–water partition coefficient (Wildman–Crippen LogP) is 4.90. The summed E-state index contributed by atoms with van der Waals surface area (Å²) in [6.07, 6.45) is 6.56. The number of rotatable bonds is 9. The lowest BCUT2D eigenvalue weighted by Crippen LogP contribution is -2.33. The van der Waals surface area contributed by atoms with E-state index >= 15 is 0 Å². The maximum atomic E-state index is 14.0. The number of hydrogen-bond donors (Lipinski definition) is 2. The topological polar surface area (TPSA) is 112 Å². The maximum Gasteiger partial charge on any atom is 0.324 e. The van der Waals surface area contributed by atoms with Gasteiger partial charge in [0.2, 0.25) is 11.9 Å². The summed E-state index contributed by atoms with van der Waals surface area (Å²) < 4.78 is 21.1. The molecule has 190 valence electrons. The molecule has 0 radical (unpaired) electrons. The number of pyridine rings is 2. The first-order valence-electron chi connectivity index (χ1n) is 11.8. The highest BCUT2D eigenvalue weighted by atomic mass is 19.1. The number of ether oxygens (including phenoxy) is 1. The number of carbonyl (C=O) groups excluding carboxylic acids is 2. The Morgan fingerprint density at radius 2 is 1.97 bits per heavy atom. The van der Waals surface area contributed by atoms with Crippen molar-refractivity contribution in [3.8, 4) is 22.3 Å². The van der Waals surface area contributed by atoms with Gasteiger partial charge >= 0.3 is 5.97 Å². The highest BCUT2D eigenvalue weighted by Crippen LogP contribution is 2.33. The van der Waals surface area contributed by atoms with Crippen molar-refractivity contribution in [2.24, 2.45) is 11.7 Å². The van der Waals surface area contributed by atoms with Crippen molar-refractivity contribution in [2.45, 2.75) is 33.0 Å². The molecule has 9 heteroatoms. The number of esters is 1. The van der Waals surface area contributed by atoms with E-state index in [-0.39, 0.29) is 18.6 Å². The average molecular weight is 502 g/mol. The third-order valence-corrected chi connectivity index (χ3v) is 5.77. The summed E-state index contributed by atoms with van der Waals surface area (Å²) in [6, 6.07) is 11.6. The van der Waals surface area contributed by atoms with E-state index in [0.717, 1.165) is 16.5 Å². The molecular weight excluding hydrogens is 473 g/mol. The number of nitrogens with two attached hydrogens (primary N) is 1. The molecule has 0 aliphatic heterocycles. The van der Waals surface area contributed by atoms with Crippen molar-refractivity contribution in [2.75, 3.05) is 5.32 Å². The molecule has 4 aromatic rings. The van der Waals surface area contributed by atoms with Gasteiger partial charge in [0.05, 0.1) is 0 Å². The molecule has 1 atom stereocenters. The molecular formula is C28H28FN5O3. The summed E-state index contributed by atoms with van der Waals surface area (Å²) in [7, 11) is 0. The highest BCUT2D eigenvalue weighted by molar-refractivity contribution is 6.00. The minimum atomic E-state index is -0.719. The summed E-state index contributed by atoms with van der Waals surface area (Å²) >= 11 is 0. The van der Waals surface area contributed by atoms with Gasteiger partial charge in [0.25, 0.3) is 0 Å². The lowest BCUT2D eigenvalue weighted by Gasteiger charge is -2.14.